The summed E-state index contributed by atoms with van der Waals surface area (Å²) in [5.74, 6) is -0.474. The van der Waals surface area contributed by atoms with Crippen molar-refractivity contribution >= 4 is 23.4 Å². The van der Waals surface area contributed by atoms with E-state index in [0.29, 0.717) is 51.3 Å². The van der Waals surface area contributed by atoms with Crippen molar-refractivity contribution in [2.45, 2.75) is 25.6 Å². The van der Waals surface area contributed by atoms with E-state index in [4.69, 9.17) is 0 Å². The van der Waals surface area contributed by atoms with Crippen molar-refractivity contribution in [3.63, 3.8) is 0 Å². The molecule has 0 atom stereocenters. The molecule has 0 radical (unpaired) electrons. The van der Waals surface area contributed by atoms with Crippen LogP contribution in [-0.2, 0) is 22.3 Å². The number of nitrogens with zero attached hydrogens (tertiary/aromatic N) is 3. The highest BCUT2D eigenvalue weighted by Gasteiger charge is 2.30. The van der Waals surface area contributed by atoms with Crippen molar-refractivity contribution in [2.24, 2.45) is 0 Å². The van der Waals surface area contributed by atoms with Gasteiger partial charge in [-0.15, -0.1) is 0 Å². The van der Waals surface area contributed by atoms with Gasteiger partial charge in [-0.05, 0) is 48.4 Å². The maximum absolute atomic E-state index is 12.7. The number of hydrogen-bond donors (Lipinski definition) is 1. The molecule has 4 rings (SSSR count). The Balaban J connectivity index is 1.20. The van der Waals surface area contributed by atoms with Crippen LogP contribution in [-0.4, -0.2) is 66.8 Å². The molecule has 0 unspecified atom stereocenters. The molecule has 2 heterocycles. The quantitative estimate of drug-likeness (QED) is 0.679. The molecule has 2 fully saturated rings. The van der Waals surface area contributed by atoms with E-state index in [1.807, 2.05) is 0 Å². The minimum atomic E-state index is -4.35. The Kier molecular flexibility index (Phi) is 7.39. The molecule has 0 aliphatic carbocycles. The van der Waals surface area contributed by atoms with Gasteiger partial charge in [0.25, 0.3) is 5.91 Å². The predicted molar refractivity (Wildman–Crippen MR) is 124 cm³/mol. The molecule has 3 amide bonds. The maximum atomic E-state index is 12.7. The van der Waals surface area contributed by atoms with E-state index < -0.39 is 11.7 Å². The zero-order chi connectivity index (χ0) is 25.0. The number of carbonyl (C=O) groups is 3. The van der Waals surface area contributed by atoms with Crippen molar-refractivity contribution in [3.05, 3.63) is 65.2 Å². The Bertz CT molecular complexity index is 1060. The second-order valence-electron chi connectivity index (χ2n) is 8.73. The van der Waals surface area contributed by atoms with Crippen LogP contribution in [0.4, 0.5) is 18.9 Å². The van der Waals surface area contributed by atoms with Gasteiger partial charge in [-0.3, -0.25) is 19.3 Å². The molecule has 7 nitrogen and oxygen atoms in total. The SMILES string of the molecule is O=C(NCC(=O)N1CCN(Cc2ccc(C(F)(F)F)cc2)CC1)c1ccc(N2CCCC2=O)cc1. The molecule has 186 valence electrons. The molecule has 1 N–H and O–H groups in total. The van der Waals surface area contributed by atoms with Crippen molar-refractivity contribution in [1.82, 2.24) is 15.1 Å². The van der Waals surface area contributed by atoms with E-state index >= 15 is 0 Å². The van der Waals surface area contributed by atoms with Crippen LogP contribution in [0.15, 0.2) is 48.5 Å². The summed E-state index contributed by atoms with van der Waals surface area (Å²) < 4.78 is 38.1. The van der Waals surface area contributed by atoms with E-state index in [1.54, 1.807) is 34.1 Å². The first-order valence-electron chi connectivity index (χ1n) is 11.6. The molecular weight excluding hydrogens is 461 g/mol. The third kappa shape index (κ3) is 6.19. The van der Waals surface area contributed by atoms with Gasteiger partial charge >= 0.3 is 6.18 Å². The molecule has 0 spiro atoms. The fourth-order valence-corrected chi connectivity index (χ4v) is 4.30. The Morgan fingerprint density at radius 2 is 1.54 bits per heavy atom. The average Bonchev–Trinajstić information content (AvgIpc) is 3.28. The number of halogens is 3. The Hall–Kier alpha value is -3.40. The molecule has 2 aromatic rings. The molecule has 0 aromatic heterocycles. The molecule has 2 saturated heterocycles. The smallest absolute Gasteiger partial charge is 0.343 e. The average molecular weight is 489 g/mol. The summed E-state index contributed by atoms with van der Waals surface area (Å²) in [5.41, 5.74) is 1.28. The summed E-state index contributed by atoms with van der Waals surface area (Å²) in [5, 5.41) is 2.65. The first-order valence-corrected chi connectivity index (χ1v) is 11.6. The molecule has 10 heteroatoms. The van der Waals surface area contributed by atoms with Crippen molar-refractivity contribution in [2.75, 3.05) is 44.2 Å². The van der Waals surface area contributed by atoms with Crippen molar-refractivity contribution in [3.8, 4) is 0 Å². The lowest BCUT2D eigenvalue weighted by atomic mass is 10.1. The highest BCUT2D eigenvalue weighted by Crippen LogP contribution is 2.29. The van der Waals surface area contributed by atoms with E-state index in [0.717, 1.165) is 29.8 Å². The van der Waals surface area contributed by atoms with E-state index in [-0.39, 0.29) is 24.3 Å². The zero-order valence-electron chi connectivity index (χ0n) is 19.2. The highest BCUT2D eigenvalue weighted by molar-refractivity contribution is 5.98. The van der Waals surface area contributed by atoms with Crippen molar-refractivity contribution < 1.29 is 27.6 Å². The van der Waals surface area contributed by atoms with E-state index in [2.05, 4.69) is 10.2 Å². The number of anilines is 1. The molecule has 0 saturated carbocycles. The Morgan fingerprint density at radius 3 is 2.11 bits per heavy atom. The number of rotatable bonds is 6. The minimum absolute atomic E-state index is 0.0762. The largest absolute Gasteiger partial charge is 0.416 e. The second kappa shape index (κ2) is 10.5. The van der Waals surface area contributed by atoms with Crippen LogP contribution in [0, 0.1) is 0 Å². The van der Waals surface area contributed by atoms with Gasteiger partial charge in [-0.25, -0.2) is 0 Å². The fourth-order valence-electron chi connectivity index (χ4n) is 4.30. The van der Waals surface area contributed by atoms with Crippen LogP contribution >= 0.6 is 0 Å². The van der Waals surface area contributed by atoms with Gasteiger partial charge in [0.05, 0.1) is 12.1 Å². The molecule has 0 bridgehead atoms. The summed E-state index contributed by atoms with van der Waals surface area (Å²) in [7, 11) is 0. The first-order chi connectivity index (χ1) is 16.7. The Morgan fingerprint density at radius 1 is 0.886 bits per heavy atom. The fraction of sp³-hybridized carbons (Fsp3) is 0.400. The summed E-state index contributed by atoms with van der Waals surface area (Å²) in [6, 6.07) is 11.9. The van der Waals surface area contributed by atoms with Gasteiger partial charge in [0.15, 0.2) is 0 Å². The van der Waals surface area contributed by atoms with Crippen LogP contribution < -0.4 is 10.2 Å². The summed E-state index contributed by atoms with van der Waals surface area (Å²) >= 11 is 0. The van der Waals surface area contributed by atoms with E-state index in [9.17, 15) is 27.6 Å². The van der Waals surface area contributed by atoms with Gasteiger partial charge in [0, 0.05) is 56.9 Å². The van der Waals surface area contributed by atoms with E-state index in [1.165, 1.54) is 12.1 Å². The standard InChI is InChI=1S/C25H27F3N4O3/c26-25(27,28)20-7-3-18(4-8-20)17-30-12-14-31(15-13-30)23(34)16-29-24(35)19-5-9-21(10-6-19)32-11-1-2-22(32)33/h3-10H,1-2,11-17H2,(H,29,35). The van der Waals surface area contributed by atoms with Gasteiger partial charge in [-0.1, -0.05) is 12.1 Å². The lowest BCUT2D eigenvalue weighted by Crippen LogP contribution is -2.50. The highest BCUT2D eigenvalue weighted by atomic mass is 19.4. The lowest BCUT2D eigenvalue weighted by Gasteiger charge is -2.34. The predicted octanol–water partition coefficient (Wildman–Crippen LogP) is 2.91. The number of carbonyl (C=O) groups excluding carboxylic acids is 3. The summed E-state index contributed by atoms with van der Waals surface area (Å²) in [6.45, 7) is 3.22. The summed E-state index contributed by atoms with van der Waals surface area (Å²) in [6.07, 6.45) is -2.99. The maximum Gasteiger partial charge on any atom is 0.416 e. The van der Waals surface area contributed by atoms with Gasteiger partial charge in [-0.2, -0.15) is 13.2 Å². The van der Waals surface area contributed by atoms with Gasteiger partial charge < -0.3 is 15.1 Å². The number of nitrogens with one attached hydrogen (secondary N) is 1. The molecule has 2 aliphatic rings. The number of hydrogen-bond acceptors (Lipinski definition) is 4. The summed E-state index contributed by atoms with van der Waals surface area (Å²) in [4.78, 5) is 42.3. The molecular formula is C25H27F3N4O3. The van der Waals surface area contributed by atoms with Crippen LogP contribution in [0.5, 0.6) is 0 Å². The monoisotopic (exact) mass is 488 g/mol. The third-order valence-corrected chi connectivity index (χ3v) is 6.33. The van der Waals surface area contributed by atoms with Crippen LogP contribution in [0.3, 0.4) is 0 Å². The van der Waals surface area contributed by atoms with Crippen LogP contribution in [0.2, 0.25) is 0 Å². The third-order valence-electron chi connectivity index (χ3n) is 6.33. The minimum Gasteiger partial charge on any atom is -0.343 e. The zero-order valence-corrected chi connectivity index (χ0v) is 19.2. The number of piperazine rings is 1. The molecule has 2 aromatic carbocycles. The topological polar surface area (TPSA) is 73.0 Å². The van der Waals surface area contributed by atoms with Gasteiger partial charge in [0.1, 0.15) is 0 Å². The molecule has 35 heavy (non-hydrogen) atoms. The number of alkyl halides is 3. The second-order valence-corrected chi connectivity index (χ2v) is 8.73. The van der Waals surface area contributed by atoms with Crippen molar-refractivity contribution in [1.29, 1.82) is 0 Å². The number of benzene rings is 2. The molecule has 2 aliphatic heterocycles. The normalized spacial score (nSPS) is 17.1. The van der Waals surface area contributed by atoms with Crippen LogP contribution in [0.1, 0.15) is 34.3 Å². The Labute approximate surface area is 201 Å². The number of amides is 3. The van der Waals surface area contributed by atoms with Crippen LogP contribution in [0.25, 0.3) is 0 Å². The van der Waals surface area contributed by atoms with Gasteiger partial charge in [0.2, 0.25) is 11.8 Å². The lowest BCUT2D eigenvalue weighted by molar-refractivity contribution is -0.137. The first kappa shape index (κ1) is 24.7.